The van der Waals surface area contributed by atoms with E-state index < -0.39 is 48.1 Å². The topological polar surface area (TPSA) is 38.8 Å². The smallest absolute Gasteiger partial charge is 0.374 e. The van der Waals surface area contributed by atoms with Crippen LogP contribution in [-0.2, 0) is 33.2 Å². The van der Waals surface area contributed by atoms with Gasteiger partial charge in [0.05, 0.1) is 24.3 Å². The number of ketones is 1. The Morgan fingerprint density at radius 3 is 2.30 bits per heavy atom. The molecule has 0 unspecified atom stereocenters. The first kappa shape index (κ1) is 28.6. The van der Waals surface area contributed by atoms with Gasteiger partial charge in [-0.25, -0.2) is 4.39 Å². The molecule has 2 fully saturated rings. The molecule has 2 saturated heterocycles. The van der Waals surface area contributed by atoms with Crippen LogP contribution in [0.1, 0.15) is 53.0 Å². The van der Waals surface area contributed by atoms with Gasteiger partial charge in [0.2, 0.25) is 0 Å². The second-order valence-corrected chi connectivity index (χ2v) is 10.7. The van der Waals surface area contributed by atoms with Gasteiger partial charge in [-0.15, -0.1) is 0 Å². The summed E-state index contributed by atoms with van der Waals surface area (Å²) in [6, 6.07) is 5.66. The van der Waals surface area contributed by atoms with Crippen molar-refractivity contribution in [2.24, 2.45) is 11.8 Å². The molecule has 0 spiro atoms. The molecule has 2 heterocycles. The van der Waals surface area contributed by atoms with Gasteiger partial charge in [-0.1, -0.05) is 6.07 Å². The molecule has 0 aromatic heterocycles. The minimum Gasteiger partial charge on any atom is -0.374 e. The number of fused-ring (bicyclic) bond motifs is 1. The predicted octanol–water partition coefficient (Wildman–Crippen LogP) is 7.01. The summed E-state index contributed by atoms with van der Waals surface area (Å²) in [7, 11) is 0. The number of alkyl halides is 6. The summed E-state index contributed by atoms with van der Waals surface area (Å²) in [6.07, 6.45) is -7.23. The molecule has 11 heteroatoms. The number of halogens is 7. The standard InChI is InChI=1S/C29H28F7NO3/c1-16-7-21(30)5-6-24(16)26-25-13-37(22-3-2-4-23(38)11-22)12-18(25)15-40-27(26)39-14-17-8-19(28(31,32)33)10-20(9-17)29(34,35)36/h5-11,18,25-27H,2-4,12-15H2,1H3/t18-,25+,26-,27-/m0/s1. The third-order valence-electron chi connectivity index (χ3n) is 7.96. The van der Waals surface area contributed by atoms with Gasteiger partial charge in [-0.2, -0.15) is 26.3 Å². The minimum absolute atomic E-state index is 0.0395. The Morgan fingerprint density at radius 2 is 1.68 bits per heavy atom. The third-order valence-corrected chi connectivity index (χ3v) is 7.96. The summed E-state index contributed by atoms with van der Waals surface area (Å²) in [5, 5.41) is 0. The van der Waals surface area contributed by atoms with Gasteiger partial charge < -0.3 is 14.4 Å². The zero-order chi connectivity index (χ0) is 28.8. The minimum atomic E-state index is -4.97. The molecule has 5 rings (SSSR count). The number of rotatable bonds is 5. The lowest BCUT2D eigenvalue weighted by molar-refractivity contribution is -0.203. The molecule has 0 saturated carbocycles. The van der Waals surface area contributed by atoms with Crippen molar-refractivity contribution in [3.05, 3.63) is 81.8 Å². The first-order valence-electron chi connectivity index (χ1n) is 13.1. The zero-order valence-corrected chi connectivity index (χ0v) is 21.6. The fraction of sp³-hybridized carbons (Fsp3) is 0.483. The summed E-state index contributed by atoms with van der Waals surface area (Å²) in [5.41, 5.74) is -0.817. The molecule has 2 aromatic carbocycles. The van der Waals surface area contributed by atoms with Gasteiger partial charge in [0.25, 0.3) is 0 Å². The van der Waals surface area contributed by atoms with Crippen LogP contribution in [-0.4, -0.2) is 36.7 Å². The quantitative estimate of drug-likeness (QED) is 0.362. The Labute approximate surface area is 226 Å². The molecule has 3 aliphatic rings. The van der Waals surface area contributed by atoms with Gasteiger partial charge in [0, 0.05) is 43.1 Å². The summed E-state index contributed by atoms with van der Waals surface area (Å²) in [5.74, 6) is -0.851. The lowest BCUT2D eigenvalue weighted by atomic mass is 9.76. The number of ether oxygens (including phenoxy) is 2. The molecular formula is C29H28F7NO3. The number of hydrogen-bond donors (Lipinski definition) is 0. The molecule has 1 aliphatic carbocycles. The van der Waals surface area contributed by atoms with Crippen molar-refractivity contribution < 1.29 is 45.0 Å². The summed E-state index contributed by atoms with van der Waals surface area (Å²) in [4.78, 5) is 14.2. The number of allylic oxidation sites excluding steroid dienone is 2. The monoisotopic (exact) mass is 571 g/mol. The molecule has 2 aliphatic heterocycles. The molecule has 40 heavy (non-hydrogen) atoms. The van der Waals surface area contributed by atoms with Crippen molar-refractivity contribution >= 4 is 5.78 Å². The van der Waals surface area contributed by atoms with E-state index in [0.29, 0.717) is 37.2 Å². The van der Waals surface area contributed by atoms with E-state index in [0.717, 1.165) is 24.1 Å². The van der Waals surface area contributed by atoms with Crippen molar-refractivity contribution in [2.45, 2.75) is 57.4 Å². The predicted molar refractivity (Wildman–Crippen MR) is 130 cm³/mol. The van der Waals surface area contributed by atoms with Crippen LogP contribution in [0, 0.1) is 24.6 Å². The molecule has 216 valence electrons. The second-order valence-electron chi connectivity index (χ2n) is 10.7. The molecule has 4 atom stereocenters. The second kappa shape index (κ2) is 10.8. The van der Waals surface area contributed by atoms with Crippen molar-refractivity contribution in [1.82, 2.24) is 4.90 Å². The zero-order valence-electron chi connectivity index (χ0n) is 21.6. The van der Waals surface area contributed by atoms with E-state index in [1.54, 1.807) is 19.1 Å². The average Bonchev–Trinajstić information content (AvgIpc) is 3.31. The lowest BCUT2D eigenvalue weighted by Crippen LogP contribution is -2.42. The Kier molecular flexibility index (Phi) is 7.73. The number of likely N-dealkylation sites (tertiary alicyclic amines) is 1. The molecule has 0 amide bonds. The number of carbonyl (C=O) groups is 1. The van der Waals surface area contributed by atoms with Crippen molar-refractivity contribution in [2.75, 3.05) is 19.7 Å². The Morgan fingerprint density at radius 1 is 0.975 bits per heavy atom. The lowest BCUT2D eigenvalue weighted by Gasteiger charge is -2.40. The van der Waals surface area contributed by atoms with E-state index in [-0.39, 0.29) is 35.9 Å². The van der Waals surface area contributed by atoms with E-state index in [1.165, 1.54) is 12.1 Å². The molecule has 2 aromatic rings. The van der Waals surface area contributed by atoms with E-state index in [4.69, 9.17) is 9.47 Å². The van der Waals surface area contributed by atoms with E-state index >= 15 is 0 Å². The highest BCUT2D eigenvalue weighted by molar-refractivity contribution is 5.91. The van der Waals surface area contributed by atoms with Gasteiger partial charge >= 0.3 is 12.4 Å². The molecular weight excluding hydrogens is 543 g/mol. The van der Waals surface area contributed by atoms with E-state index in [1.807, 2.05) is 0 Å². The first-order chi connectivity index (χ1) is 18.8. The van der Waals surface area contributed by atoms with E-state index in [2.05, 4.69) is 4.90 Å². The highest BCUT2D eigenvalue weighted by Crippen LogP contribution is 2.46. The van der Waals surface area contributed by atoms with Gasteiger partial charge in [-0.3, -0.25) is 4.79 Å². The van der Waals surface area contributed by atoms with Crippen molar-refractivity contribution in [3.8, 4) is 0 Å². The van der Waals surface area contributed by atoms with Crippen LogP contribution in [0.2, 0.25) is 0 Å². The van der Waals surface area contributed by atoms with Crippen molar-refractivity contribution in [1.29, 1.82) is 0 Å². The normalized spacial score (nSPS) is 25.6. The number of benzene rings is 2. The maximum absolute atomic E-state index is 14.0. The van der Waals surface area contributed by atoms with Crippen LogP contribution in [0.4, 0.5) is 30.7 Å². The highest BCUT2D eigenvalue weighted by Gasteiger charge is 2.47. The number of hydrogen-bond acceptors (Lipinski definition) is 4. The third kappa shape index (κ3) is 6.05. The van der Waals surface area contributed by atoms with E-state index in [9.17, 15) is 35.5 Å². The summed E-state index contributed by atoms with van der Waals surface area (Å²) in [6.45, 7) is 2.65. The Balaban J connectivity index is 1.44. The van der Waals surface area contributed by atoms with Crippen LogP contribution >= 0.6 is 0 Å². The number of nitrogens with zero attached hydrogens (tertiary/aromatic N) is 1. The Hall–Kier alpha value is -2.92. The van der Waals surface area contributed by atoms with Crippen LogP contribution in [0.5, 0.6) is 0 Å². The Bertz CT molecular complexity index is 1270. The van der Waals surface area contributed by atoms with Gasteiger partial charge in [0.1, 0.15) is 5.82 Å². The molecule has 4 nitrogen and oxygen atoms in total. The SMILES string of the molecule is Cc1cc(F)ccc1[C@@H]1[C@@H](OCc2cc(C(F)(F)F)cc(C(F)(F)F)c2)OC[C@@H]2CN(C3=CC(=O)CCC3)C[C@H]21. The van der Waals surface area contributed by atoms with Crippen LogP contribution in [0.25, 0.3) is 0 Å². The summed E-state index contributed by atoms with van der Waals surface area (Å²) < 4.78 is 106. The molecule has 0 N–H and O–H groups in total. The van der Waals surface area contributed by atoms with Crippen LogP contribution < -0.4 is 0 Å². The van der Waals surface area contributed by atoms with Crippen LogP contribution in [0.15, 0.2) is 48.2 Å². The maximum Gasteiger partial charge on any atom is 0.416 e. The highest BCUT2D eigenvalue weighted by atomic mass is 19.4. The van der Waals surface area contributed by atoms with Gasteiger partial charge in [0.15, 0.2) is 12.1 Å². The number of aryl methyl sites for hydroxylation is 1. The molecule has 0 bridgehead atoms. The largest absolute Gasteiger partial charge is 0.416 e. The average molecular weight is 572 g/mol. The fourth-order valence-corrected chi connectivity index (χ4v) is 6.08. The fourth-order valence-electron chi connectivity index (χ4n) is 6.08. The number of carbonyl (C=O) groups excluding carboxylic acids is 1. The van der Waals surface area contributed by atoms with Gasteiger partial charge in [-0.05, 0) is 72.7 Å². The summed E-state index contributed by atoms with van der Waals surface area (Å²) >= 11 is 0. The molecule has 0 radical (unpaired) electrons. The maximum atomic E-state index is 14.0. The van der Waals surface area contributed by atoms with Crippen LogP contribution in [0.3, 0.4) is 0 Å². The first-order valence-corrected chi connectivity index (χ1v) is 13.1. The van der Waals surface area contributed by atoms with Crippen molar-refractivity contribution in [3.63, 3.8) is 0 Å².